The van der Waals surface area contributed by atoms with Crippen molar-refractivity contribution in [2.45, 2.75) is 40.2 Å². The zero-order valence-corrected chi connectivity index (χ0v) is 15.1. The molecule has 25 heavy (non-hydrogen) atoms. The number of nitrogens with zero attached hydrogens (tertiary/aromatic N) is 1. The van der Waals surface area contributed by atoms with Gasteiger partial charge in [-0.15, -0.1) is 6.42 Å². The van der Waals surface area contributed by atoms with E-state index in [4.69, 9.17) is 11.2 Å². The maximum Gasteiger partial charge on any atom is 0.397 e. The molecule has 0 unspecified atom stereocenters. The molecule has 2 rings (SSSR count). The minimum Gasteiger partial charge on any atom is -0.433 e. The molecule has 0 atom stereocenters. The number of allylic oxidation sites excluding steroid dienone is 5. The number of hydrogen-bond acceptors (Lipinski definition) is 2. The third-order valence-corrected chi connectivity index (χ3v) is 4.14. The van der Waals surface area contributed by atoms with Crippen LogP contribution in [0.4, 0.5) is 8.78 Å². The summed E-state index contributed by atoms with van der Waals surface area (Å²) in [7, 11) is 0. The van der Waals surface area contributed by atoms with Gasteiger partial charge in [-0.2, -0.15) is 8.78 Å². The topological polar surface area (TPSA) is 12.5 Å². The molecule has 1 aliphatic heterocycles. The fourth-order valence-electron chi connectivity index (χ4n) is 2.85. The first-order chi connectivity index (χ1) is 11.8. The largest absolute Gasteiger partial charge is 0.433 e. The highest BCUT2D eigenvalue weighted by molar-refractivity contribution is 5.80. The number of hydrogen-bond donors (Lipinski definition) is 0. The van der Waals surface area contributed by atoms with Gasteiger partial charge in [-0.3, -0.25) is 0 Å². The minimum atomic E-state index is -3.15. The molecular weight excluding hydrogens is 320 g/mol. The monoisotopic (exact) mass is 343 g/mol. The molecule has 1 aliphatic rings. The molecular formula is C21H23F2NO. The Morgan fingerprint density at radius 3 is 2.52 bits per heavy atom. The highest BCUT2D eigenvalue weighted by atomic mass is 19.3. The molecule has 0 saturated carbocycles. The van der Waals surface area contributed by atoms with Gasteiger partial charge in [0.2, 0.25) is 0 Å². The van der Waals surface area contributed by atoms with Crippen molar-refractivity contribution in [1.29, 1.82) is 0 Å². The lowest BCUT2D eigenvalue weighted by Crippen LogP contribution is -2.23. The smallest absolute Gasteiger partial charge is 0.397 e. The first kappa shape index (κ1) is 18.8. The first-order valence-corrected chi connectivity index (χ1v) is 8.33. The normalized spacial score (nSPS) is 16.4. The van der Waals surface area contributed by atoms with Crippen LogP contribution in [0.2, 0.25) is 0 Å². The fraction of sp³-hybridized carbons (Fsp3) is 0.333. The van der Waals surface area contributed by atoms with Crippen molar-refractivity contribution < 1.29 is 13.5 Å². The van der Waals surface area contributed by atoms with Gasteiger partial charge < -0.3 is 9.64 Å². The molecule has 4 heteroatoms. The number of halogens is 2. The van der Waals surface area contributed by atoms with E-state index < -0.39 is 6.11 Å². The van der Waals surface area contributed by atoms with Gasteiger partial charge >= 0.3 is 6.11 Å². The van der Waals surface area contributed by atoms with Gasteiger partial charge in [0.25, 0.3) is 0 Å². The van der Waals surface area contributed by atoms with Crippen LogP contribution in [0.3, 0.4) is 0 Å². The van der Waals surface area contributed by atoms with Crippen molar-refractivity contribution >= 4 is 5.57 Å². The highest BCUT2D eigenvalue weighted by Gasteiger charge is 2.28. The van der Waals surface area contributed by atoms with Crippen LogP contribution >= 0.6 is 0 Å². The molecule has 0 saturated heterocycles. The lowest BCUT2D eigenvalue weighted by atomic mass is 9.96. The summed E-state index contributed by atoms with van der Waals surface area (Å²) >= 11 is 0. The summed E-state index contributed by atoms with van der Waals surface area (Å²) in [5.41, 5.74) is 4.85. The van der Waals surface area contributed by atoms with Gasteiger partial charge in [0.05, 0.1) is 0 Å². The van der Waals surface area contributed by atoms with Crippen LogP contribution in [0.1, 0.15) is 38.3 Å². The summed E-state index contributed by atoms with van der Waals surface area (Å²) in [5, 5.41) is 0. The van der Waals surface area contributed by atoms with Crippen LogP contribution in [0, 0.1) is 19.3 Å². The molecule has 1 heterocycles. The number of terminal acetylenes is 1. The van der Waals surface area contributed by atoms with E-state index in [0.717, 1.165) is 34.6 Å². The van der Waals surface area contributed by atoms with Crippen LogP contribution < -0.4 is 4.74 Å². The van der Waals surface area contributed by atoms with Gasteiger partial charge in [0, 0.05) is 30.4 Å². The maximum atomic E-state index is 13.4. The summed E-state index contributed by atoms with van der Waals surface area (Å²) in [6.45, 7) is 8.17. The molecule has 0 fully saturated rings. The Balaban J connectivity index is 2.39. The second-order valence-corrected chi connectivity index (χ2v) is 5.94. The van der Waals surface area contributed by atoms with E-state index in [2.05, 4.69) is 23.8 Å². The zero-order chi connectivity index (χ0) is 18.6. The molecule has 0 N–H and O–H groups in total. The van der Waals surface area contributed by atoms with Crippen LogP contribution in [-0.2, 0) is 0 Å². The average molecular weight is 343 g/mol. The van der Waals surface area contributed by atoms with E-state index in [0.29, 0.717) is 0 Å². The molecule has 1 aromatic carbocycles. The van der Waals surface area contributed by atoms with Crippen molar-refractivity contribution in [2.75, 3.05) is 6.54 Å². The van der Waals surface area contributed by atoms with Crippen LogP contribution in [0.5, 0.6) is 5.75 Å². The molecule has 0 radical (unpaired) electrons. The number of aryl methyl sites for hydroxylation is 1. The summed E-state index contributed by atoms with van der Waals surface area (Å²) in [5.74, 6) is 2.74. The average Bonchev–Trinajstić information content (AvgIpc) is 2.54. The van der Waals surface area contributed by atoms with E-state index >= 15 is 0 Å². The summed E-state index contributed by atoms with van der Waals surface area (Å²) in [6.07, 6.45) is 7.73. The Labute approximate surface area is 148 Å². The lowest BCUT2D eigenvalue weighted by molar-refractivity contribution is -0.177. The standard InChI is InChI=1S/C21H23F2NO/c1-6-9-18-14-17(13-16(5)24(18)8-3)20-11-10-19(12-15(20)4)25-21(22,23)7-2/h1,9-14H,7-8H2,2-5H3/b18-9-. The summed E-state index contributed by atoms with van der Waals surface area (Å²) in [6, 6.07) is 5.02. The van der Waals surface area contributed by atoms with Gasteiger partial charge in [-0.25, -0.2) is 0 Å². The molecule has 1 aromatic rings. The number of alkyl halides is 2. The molecule has 132 valence electrons. The predicted octanol–water partition coefficient (Wildman–Crippen LogP) is 5.52. The SMILES string of the molecule is C#C/C=C1/C=C(c2ccc(OC(F)(F)CC)cc2C)C=C(C)N1CC. The molecule has 0 aromatic heterocycles. The third kappa shape index (κ3) is 4.30. The van der Waals surface area contributed by atoms with Crippen LogP contribution in [0.15, 0.2) is 47.8 Å². The van der Waals surface area contributed by atoms with Crippen molar-refractivity contribution in [3.8, 4) is 18.1 Å². The summed E-state index contributed by atoms with van der Waals surface area (Å²) in [4.78, 5) is 2.12. The number of ether oxygens (including phenoxy) is 1. The van der Waals surface area contributed by atoms with E-state index in [1.807, 2.05) is 19.9 Å². The third-order valence-electron chi connectivity index (χ3n) is 4.14. The number of rotatable bonds is 5. The second kappa shape index (κ2) is 7.57. The van der Waals surface area contributed by atoms with E-state index in [9.17, 15) is 8.78 Å². The molecule has 2 nitrogen and oxygen atoms in total. The molecule has 0 amide bonds. The predicted molar refractivity (Wildman–Crippen MR) is 98.1 cm³/mol. The number of likely N-dealkylation sites (N-methyl/N-ethyl adjacent to an activating group) is 1. The minimum absolute atomic E-state index is 0.166. The molecule has 0 bridgehead atoms. The second-order valence-electron chi connectivity index (χ2n) is 5.94. The van der Waals surface area contributed by atoms with E-state index in [1.54, 1.807) is 24.3 Å². The van der Waals surface area contributed by atoms with Crippen LogP contribution in [0.25, 0.3) is 5.57 Å². The van der Waals surface area contributed by atoms with Crippen molar-refractivity contribution in [2.24, 2.45) is 0 Å². The Morgan fingerprint density at radius 2 is 1.96 bits per heavy atom. The van der Waals surface area contributed by atoms with Gasteiger partial charge in [0.15, 0.2) is 0 Å². The number of benzene rings is 1. The molecule has 0 spiro atoms. The Bertz CT molecular complexity index is 782. The quantitative estimate of drug-likeness (QED) is 0.653. The first-order valence-electron chi connectivity index (χ1n) is 8.33. The Morgan fingerprint density at radius 1 is 1.24 bits per heavy atom. The van der Waals surface area contributed by atoms with Gasteiger partial charge in [0.1, 0.15) is 5.75 Å². The van der Waals surface area contributed by atoms with Crippen molar-refractivity contribution in [3.05, 3.63) is 58.9 Å². The van der Waals surface area contributed by atoms with Crippen molar-refractivity contribution in [1.82, 2.24) is 4.90 Å². The Hall–Kier alpha value is -2.54. The maximum absolute atomic E-state index is 13.4. The van der Waals surface area contributed by atoms with Gasteiger partial charge in [-0.1, -0.05) is 18.9 Å². The van der Waals surface area contributed by atoms with Crippen molar-refractivity contribution in [3.63, 3.8) is 0 Å². The fourth-order valence-corrected chi connectivity index (χ4v) is 2.85. The summed E-state index contributed by atoms with van der Waals surface area (Å²) < 4.78 is 31.6. The van der Waals surface area contributed by atoms with E-state index in [1.165, 1.54) is 6.92 Å². The van der Waals surface area contributed by atoms with Gasteiger partial charge in [-0.05, 0) is 61.8 Å². The molecule has 0 aliphatic carbocycles. The van der Waals surface area contributed by atoms with Crippen LogP contribution in [-0.4, -0.2) is 17.6 Å². The lowest BCUT2D eigenvalue weighted by Gasteiger charge is -2.29. The highest BCUT2D eigenvalue weighted by Crippen LogP contribution is 2.33. The van der Waals surface area contributed by atoms with E-state index in [-0.39, 0.29) is 12.2 Å². The Kier molecular flexibility index (Phi) is 5.69. The zero-order valence-electron chi connectivity index (χ0n) is 15.1.